The largest absolute Gasteiger partial charge is 0.488 e. The molecule has 3 aromatic rings. The topological polar surface area (TPSA) is 111 Å². The van der Waals surface area contributed by atoms with E-state index >= 15 is 0 Å². The van der Waals surface area contributed by atoms with Gasteiger partial charge in [0.1, 0.15) is 12.4 Å². The smallest absolute Gasteiger partial charge is 0.273 e. The Hall–Kier alpha value is -3.91. The Morgan fingerprint density at radius 3 is 2.40 bits per heavy atom. The normalized spacial score (nSPS) is 10.2. The summed E-state index contributed by atoms with van der Waals surface area (Å²) >= 11 is 6.12. The van der Waals surface area contributed by atoms with Crippen LogP contribution in [0.3, 0.4) is 0 Å². The van der Waals surface area contributed by atoms with Gasteiger partial charge < -0.3 is 4.74 Å². The second-order valence-electron chi connectivity index (χ2n) is 6.09. The van der Waals surface area contributed by atoms with Gasteiger partial charge in [-0.25, -0.2) is 0 Å². The average molecular weight is 426 g/mol. The zero-order chi connectivity index (χ0) is 21.5. The minimum absolute atomic E-state index is 0.0350. The molecule has 3 rings (SSSR count). The van der Waals surface area contributed by atoms with Crippen LogP contribution >= 0.6 is 11.6 Å². The van der Waals surface area contributed by atoms with E-state index in [-0.39, 0.29) is 23.4 Å². The molecule has 152 valence electrons. The maximum Gasteiger partial charge on any atom is 0.273 e. The van der Waals surface area contributed by atoms with Gasteiger partial charge in [-0.15, -0.1) is 0 Å². The number of carbonyl (C=O) groups excluding carboxylic acids is 2. The van der Waals surface area contributed by atoms with Crippen LogP contribution in [0.2, 0.25) is 5.02 Å². The molecule has 0 fully saturated rings. The Morgan fingerprint density at radius 2 is 1.63 bits per heavy atom. The molecule has 0 radical (unpaired) electrons. The first-order chi connectivity index (χ1) is 14.5. The maximum absolute atomic E-state index is 12.5. The number of hydrazine groups is 1. The first-order valence-corrected chi connectivity index (χ1v) is 9.14. The number of amides is 2. The molecule has 0 aromatic heterocycles. The minimum atomic E-state index is -0.693. The summed E-state index contributed by atoms with van der Waals surface area (Å²) in [5.74, 6) is -0.996. The highest BCUT2D eigenvalue weighted by molar-refractivity contribution is 6.31. The highest BCUT2D eigenvalue weighted by atomic mass is 35.5. The van der Waals surface area contributed by atoms with Crippen molar-refractivity contribution >= 4 is 29.1 Å². The van der Waals surface area contributed by atoms with E-state index in [4.69, 9.17) is 16.3 Å². The zero-order valence-corrected chi connectivity index (χ0v) is 16.3. The van der Waals surface area contributed by atoms with Crippen LogP contribution in [0.4, 0.5) is 5.69 Å². The number of rotatable bonds is 6. The molecule has 0 atom stereocenters. The molecule has 2 amide bonds. The van der Waals surface area contributed by atoms with Crippen molar-refractivity contribution in [2.75, 3.05) is 0 Å². The summed E-state index contributed by atoms with van der Waals surface area (Å²) in [5, 5.41) is 11.4. The van der Waals surface area contributed by atoms with E-state index in [2.05, 4.69) is 10.9 Å². The molecular formula is C21H16ClN3O5. The number of halogens is 1. The fourth-order valence-electron chi connectivity index (χ4n) is 2.56. The maximum atomic E-state index is 12.5. The van der Waals surface area contributed by atoms with Gasteiger partial charge in [-0.3, -0.25) is 30.6 Å². The van der Waals surface area contributed by atoms with E-state index in [1.54, 1.807) is 30.3 Å². The molecule has 0 bridgehead atoms. The Kier molecular flexibility index (Phi) is 6.61. The van der Waals surface area contributed by atoms with Crippen molar-refractivity contribution in [1.29, 1.82) is 0 Å². The molecule has 0 saturated heterocycles. The number of ether oxygens (including phenoxy) is 1. The van der Waals surface area contributed by atoms with Gasteiger partial charge >= 0.3 is 0 Å². The predicted octanol–water partition coefficient (Wildman–Crippen LogP) is 3.90. The number of nitrogens with one attached hydrogen (secondary N) is 2. The molecular weight excluding hydrogens is 410 g/mol. The first kappa shape index (κ1) is 20.8. The summed E-state index contributed by atoms with van der Waals surface area (Å²) in [5.41, 5.74) is 5.28. The fourth-order valence-corrected chi connectivity index (χ4v) is 2.76. The molecule has 0 aliphatic carbocycles. The molecule has 8 nitrogen and oxygen atoms in total. The third-order valence-corrected chi connectivity index (χ3v) is 4.45. The summed E-state index contributed by atoms with van der Waals surface area (Å²) in [4.78, 5) is 34.9. The molecule has 0 aliphatic rings. The molecule has 3 aromatic carbocycles. The van der Waals surface area contributed by atoms with Crippen molar-refractivity contribution in [3.8, 4) is 5.75 Å². The van der Waals surface area contributed by atoms with Crippen LogP contribution in [-0.4, -0.2) is 16.7 Å². The average Bonchev–Trinajstić information content (AvgIpc) is 2.77. The number of hydrogen-bond donors (Lipinski definition) is 2. The van der Waals surface area contributed by atoms with Gasteiger partial charge in [0.25, 0.3) is 17.5 Å². The number of nitro benzene ring substituents is 1. The quantitative estimate of drug-likeness (QED) is 0.459. The Labute approximate surface area is 176 Å². The number of para-hydroxylation sites is 1. The third-order valence-electron chi connectivity index (χ3n) is 4.08. The number of carbonyl (C=O) groups is 2. The molecule has 0 heterocycles. The molecule has 30 heavy (non-hydrogen) atoms. The summed E-state index contributed by atoms with van der Waals surface area (Å²) < 4.78 is 5.73. The molecule has 0 aliphatic heterocycles. The third kappa shape index (κ3) is 5.12. The van der Waals surface area contributed by atoms with Gasteiger partial charge in [-0.2, -0.15) is 0 Å². The molecule has 2 N–H and O–H groups in total. The van der Waals surface area contributed by atoms with Crippen molar-refractivity contribution in [2.24, 2.45) is 0 Å². The van der Waals surface area contributed by atoms with Crippen LogP contribution in [0.5, 0.6) is 5.75 Å². The van der Waals surface area contributed by atoms with Gasteiger partial charge in [0.15, 0.2) is 0 Å². The number of hydrogen-bond acceptors (Lipinski definition) is 5. The monoisotopic (exact) mass is 425 g/mol. The van der Waals surface area contributed by atoms with Gasteiger partial charge in [-0.05, 0) is 24.3 Å². The van der Waals surface area contributed by atoms with Crippen LogP contribution in [0, 0.1) is 10.1 Å². The van der Waals surface area contributed by atoms with Crippen molar-refractivity contribution in [2.45, 2.75) is 6.61 Å². The van der Waals surface area contributed by atoms with Crippen LogP contribution < -0.4 is 15.6 Å². The number of nitro groups is 1. The van der Waals surface area contributed by atoms with Gasteiger partial charge in [0.05, 0.1) is 10.5 Å². The summed E-state index contributed by atoms with van der Waals surface area (Å²) in [6.07, 6.45) is 0. The van der Waals surface area contributed by atoms with E-state index in [0.717, 1.165) is 11.6 Å². The SMILES string of the molecule is O=C(NNC(=O)c1ccccc1OCc1ccccc1Cl)c1cccc([N+](=O)[O-])c1. The number of nitrogens with zero attached hydrogens (tertiary/aromatic N) is 1. The summed E-state index contributed by atoms with van der Waals surface area (Å²) in [6.45, 7) is 0.157. The Bertz CT molecular complexity index is 1100. The highest BCUT2D eigenvalue weighted by Gasteiger charge is 2.15. The van der Waals surface area contributed by atoms with E-state index in [0.29, 0.717) is 10.8 Å². The predicted molar refractivity (Wildman–Crippen MR) is 110 cm³/mol. The highest BCUT2D eigenvalue weighted by Crippen LogP contribution is 2.22. The lowest BCUT2D eigenvalue weighted by atomic mass is 10.2. The molecule has 9 heteroatoms. The molecule has 0 unspecified atom stereocenters. The van der Waals surface area contributed by atoms with Gasteiger partial charge in [0, 0.05) is 28.3 Å². The van der Waals surface area contributed by atoms with Crippen molar-refractivity contribution in [3.63, 3.8) is 0 Å². The van der Waals surface area contributed by atoms with Crippen LogP contribution in [-0.2, 0) is 6.61 Å². The molecule has 0 spiro atoms. The van der Waals surface area contributed by atoms with E-state index < -0.39 is 16.7 Å². The lowest BCUT2D eigenvalue weighted by Gasteiger charge is -2.13. The van der Waals surface area contributed by atoms with Crippen molar-refractivity contribution < 1.29 is 19.2 Å². The van der Waals surface area contributed by atoms with Gasteiger partial charge in [0.2, 0.25) is 0 Å². The van der Waals surface area contributed by atoms with E-state index in [9.17, 15) is 19.7 Å². The second kappa shape index (κ2) is 9.53. The molecule has 0 saturated carbocycles. The van der Waals surface area contributed by atoms with Crippen LogP contribution in [0.1, 0.15) is 26.3 Å². The van der Waals surface area contributed by atoms with Crippen molar-refractivity contribution in [1.82, 2.24) is 10.9 Å². The lowest BCUT2D eigenvalue weighted by molar-refractivity contribution is -0.384. The minimum Gasteiger partial charge on any atom is -0.488 e. The first-order valence-electron chi connectivity index (χ1n) is 8.76. The standard InChI is InChI=1S/C21H16ClN3O5/c22-18-10-3-1-6-15(18)13-30-19-11-4-2-9-17(19)21(27)24-23-20(26)14-7-5-8-16(12-14)25(28)29/h1-12H,13H2,(H,23,26)(H,24,27). The Balaban J connectivity index is 1.66. The lowest BCUT2D eigenvalue weighted by Crippen LogP contribution is -2.41. The number of benzene rings is 3. The zero-order valence-electron chi connectivity index (χ0n) is 15.5. The number of non-ortho nitro benzene ring substituents is 1. The van der Waals surface area contributed by atoms with Crippen LogP contribution in [0.15, 0.2) is 72.8 Å². The second-order valence-corrected chi connectivity index (χ2v) is 6.50. The summed E-state index contributed by atoms with van der Waals surface area (Å²) in [6, 6.07) is 18.9. The van der Waals surface area contributed by atoms with Crippen LogP contribution in [0.25, 0.3) is 0 Å². The fraction of sp³-hybridized carbons (Fsp3) is 0.0476. The van der Waals surface area contributed by atoms with E-state index in [1.807, 2.05) is 12.1 Å². The van der Waals surface area contributed by atoms with Gasteiger partial charge in [-0.1, -0.05) is 48.0 Å². The van der Waals surface area contributed by atoms with E-state index in [1.165, 1.54) is 24.3 Å². The van der Waals surface area contributed by atoms with Crippen molar-refractivity contribution in [3.05, 3.63) is 105 Å². The Morgan fingerprint density at radius 1 is 0.933 bits per heavy atom. The summed E-state index contributed by atoms with van der Waals surface area (Å²) in [7, 11) is 0.